The Hall–Kier alpha value is -1.30. The van der Waals surface area contributed by atoms with Crippen molar-refractivity contribution in [2.45, 2.75) is 57.4 Å². The molecule has 1 saturated carbocycles. The predicted molar refractivity (Wildman–Crippen MR) is 93.8 cm³/mol. The zero-order valence-corrected chi connectivity index (χ0v) is 15.3. The molecular formula is C18H33N3O3. The number of carbonyl (C=O) groups excluding carboxylic acids is 2. The van der Waals surface area contributed by atoms with Crippen LogP contribution in [0.15, 0.2) is 0 Å². The first-order valence-electron chi connectivity index (χ1n) is 9.43. The van der Waals surface area contributed by atoms with Gasteiger partial charge in [0.2, 0.25) is 5.91 Å². The highest BCUT2D eigenvalue weighted by Gasteiger charge is 2.39. The number of nitrogens with one attached hydrogen (secondary N) is 1. The summed E-state index contributed by atoms with van der Waals surface area (Å²) in [4.78, 5) is 29.3. The number of fused-ring (bicyclic) bond motifs is 1. The molecule has 138 valence electrons. The number of rotatable bonds is 4. The fourth-order valence-corrected chi connectivity index (χ4v) is 3.91. The van der Waals surface area contributed by atoms with Crippen LogP contribution in [0.2, 0.25) is 0 Å². The first kappa shape index (κ1) is 19.0. The summed E-state index contributed by atoms with van der Waals surface area (Å²) in [7, 11) is 3.57. The van der Waals surface area contributed by atoms with Crippen molar-refractivity contribution in [3.63, 3.8) is 0 Å². The van der Waals surface area contributed by atoms with Gasteiger partial charge in [-0.3, -0.25) is 4.79 Å². The van der Waals surface area contributed by atoms with E-state index in [9.17, 15) is 9.59 Å². The molecule has 2 atom stereocenters. The Balaban J connectivity index is 2.04. The molecule has 6 nitrogen and oxygen atoms in total. The molecule has 1 N–H and O–H groups in total. The second kappa shape index (κ2) is 9.87. The zero-order chi connectivity index (χ0) is 17.4. The first-order valence-corrected chi connectivity index (χ1v) is 9.43. The number of hydrogen-bond donors (Lipinski definition) is 1. The Kier molecular flexibility index (Phi) is 7.82. The minimum Gasteiger partial charge on any atom is -0.385 e. The fourth-order valence-electron chi connectivity index (χ4n) is 3.91. The average Bonchev–Trinajstić information content (AvgIpc) is 3.05. The summed E-state index contributed by atoms with van der Waals surface area (Å²) in [5.41, 5.74) is 0. The molecule has 2 rings (SSSR count). The van der Waals surface area contributed by atoms with Gasteiger partial charge in [-0.2, -0.15) is 0 Å². The topological polar surface area (TPSA) is 61.9 Å². The van der Waals surface area contributed by atoms with Crippen molar-refractivity contribution in [1.29, 1.82) is 0 Å². The highest BCUT2D eigenvalue weighted by atomic mass is 16.5. The molecular weight excluding hydrogens is 306 g/mol. The first-order chi connectivity index (χ1) is 11.6. The van der Waals surface area contributed by atoms with Crippen LogP contribution in [-0.4, -0.2) is 68.2 Å². The summed E-state index contributed by atoms with van der Waals surface area (Å²) in [5, 5.41) is 3.01. The molecule has 3 amide bonds. The van der Waals surface area contributed by atoms with Gasteiger partial charge in [0.15, 0.2) is 0 Å². The van der Waals surface area contributed by atoms with Crippen molar-refractivity contribution >= 4 is 11.9 Å². The highest BCUT2D eigenvalue weighted by molar-refractivity contribution is 5.81. The maximum absolute atomic E-state index is 12.8. The van der Waals surface area contributed by atoms with Crippen LogP contribution in [0.5, 0.6) is 0 Å². The van der Waals surface area contributed by atoms with Crippen molar-refractivity contribution in [2.24, 2.45) is 5.92 Å². The van der Waals surface area contributed by atoms with Gasteiger partial charge in [-0.25, -0.2) is 4.79 Å². The molecule has 0 bridgehead atoms. The van der Waals surface area contributed by atoms with Gasteiger partial charge in [0.25, 0.3) is 0 Å². The van der Waals surface area contributed by atoms with Gasteiger partial charge in [-0.1, -0.05) is 19.3 Å². The number of ether oxygens (including phenoxy) is 1. The van der Waals surface area contributed by atoms with Crippen molar-refractivity contribution in [3.05, 3.63) is 0 Å². The lowest BCUT2D eigenvalue weighted by Gasteiger charge is -2.34. The molecule has 1 heterocycles. The van der Waals surface area contributed by atoms with E-state index in [1.165, 1.54) is 0 Å². The predicted octanol–water partition coefficient (Wildman–Crippen LogP) is 2.24. The van der Waals surface area contributed by atoms with Gasteiger partial charge in [0, 0.05) is 46.4 Å². The van der Waals surface area contributed by atoms with E-state index in [4.69, 9.17) is 4.74 Å². The molecule has 0 unspecified atom stereocenters. The van der Waals surface area contributed by atoms with Gasteiger partial charge in [0.05, 0.1) is 5.92 Å². The van der Waals surface area contributed by atoms with Gasteiger partial charge in [0.1, 0.15) is 0 Å². The number of hydrogen-bond acceptors (Lipinski definition) is 3. The summed E-state index contributed by atoms with van der Waals surface area (Å²) in [6.45, 7) is 2.86. The van der Waals surface area contributed by atoms with Gasteiger partial charge >= 0.3 is 6.03 Å². The summed E-state index contributed by atoms with van der Waals surface area (Å²) in [6.07, 6.45) is 8.00. The van der Waals surface area contributed by atoms with Crippen molar-refractivity contribution in [3.8, 4) is 0 Å². The average molecular weight is 339 g/mol. The SMILES string of the molecule is COCCCNC(=O)N1CCCCCCN(C)C(=O)[C@@H]2CCC[C@@H]21. The maximum Gasteiger partial charge on any atom is 0.317 e. The summed E-state index contributed by atoms with van der Waals surface area (Å²) in [6, 6.07) is 0.0400. The van der Waals surface area contributed by atoms with Gasteiger partial charge in [-0.05, 0) is 32.1 Å². The Morgan fingerprint density at radius 3 is 2.67 bits per heavy atom. The molecule has 0 spiro atoms. The number of urea groups is 1. The third-order valence-corrected chi connectivity index (χ3v) is 5.28. The number of amides is 3. The Morgan fingerprint density at radius 1 is 1.17 bits per heavy atom. The molecule has 1 aliphatic carbocycles. The molecule has 2 fully saturated rings. The Bertz CT molecular complexity index is 416. The lowest BCUT2D eigenvalue weighted by Crippen LogP contribution is -2.51. The van der Waals surface area contributed by atoms with Crippen LogP contribution in [0, 0.1) is 5.92 Å². The minimum absolute atomic E-state index is 0.0160. The lowest BCUT2D eigenvalue weighted by atomic mass is 10.00. The van der Waals surface area contributed by atoms with Crippen molar-refractivity contribution in [1.82, 2.24) is 15.1 Å². The van der Waals surface area contributed by atoms with E-state index in [0.717, 1.165) is 64.5 Å². The van der Waals surface area contributed by atoms with Crippen LogP contribution in [0.1, 0.15) is 51.4 Å². The van der Waals surface area contributed by atoms with Crippen molar-refractivity contribution < 1.29 is 14.3 Å². The third-order valence-electron chi connectivity index (χ3n) is 5.28. The second-order valence-electron chi connectivity index (χ2n) is 7.05. The second-order valence-corrected chi connectivity index (χ2v) is 7.05. The smallest absolute Gasteiger partial charge is 0.317 e. The molecule has 2 aliphatic rings. The van der Waals surface area contributed by atoms with Crippen LogP contribution in [0.25, 0.3) is 0 Å². The number of carbonyl (C=O) groups is 2. The molecule has 1 aliphatic heterocycles. The maximum atomic E-state index is 12.8. The Labute approximate surface area is 145 Å². The van der Waals surface area contributed by atoms with Crippen LogP contribution >= 0.6 is 0 Å². The van der Waals surface area contributed by atoms with Crippen LogP contribution < -0.4 is 5.32 Å². The molecule has 24 heavy (non-hydrogen) atoms. The van der Waals surface area contributed by atoms with Gasteiger partial charge < -0.3 is 19.9 Å². The van der Waals surface area contributed by atoms with E-state index in [1.807, 2.05) is 16.8 Å². The zero-order valence-electron chi connectivity index (χ0n) is 15.3. The van der Waals surface area contributed by atoms with Gasteiger partial charge in [-0.15, -0.1) is 0 Å². The quantitative estimate of drug-likeness (QED) is 0.799. The van der Waals surface area contributed by atoms with E-state index in [2.05, 4.69) is 5.32 Å². The molecule has 0 aromatic rings. The molecule has 0 aromatic carbocycles. The largest absolute Gasteiger partial charge is 0.385 e. The molecule has 1 saturated heterocycles. The van der Waals surface area contributed by atoms with E-state index >= 15 is 0 Å². The number of nitrogens with zero attached hydrogens (tertiary/aromatic N) is 2. The lowest BCUT2D eigenvalue weighted by molar-refractivity contribution is -0.135. The summed E-state index contributed by atoms with van der Waals surface area (Å²) < 4.78 is 5.03. The van der Waals surface area contributed by atoms with E-state index < -0.39 is 0 Å². The normalized spacial score (nSPS) is 26.0. The summed E-state index contributed by atoms with van der Waals surface area (Å²) in [5.74, 6) is 0.189. The molecule has 6 heteroatoms. The van der Waals surface area contributed by atoms with E-state index in [1.54, 1.807) is 7.11 Å². The molecule has 0 aromatic heterocycles. The highest BCUT2D eigenvalue weighted by Crippen LogP contribution is 2.32. The number of methoxy groups -OCH3 is 1. The van der Waals surface area contributed by atoms with Crippen LogP contribution in [-0.2, 0) is 9.53 Å². The fraction of sp³-hybridized carbons (Fsp3) is 0.889. The van der Waals surface area contributed by atoms with Crippen molar-refractivity contribution in [2.75, 3.05) is 40.4 Å². The van der Waals surface area contributed by atoms with E-state index in [-0.39, 0.29) is 23.9 Å². The van der Waals surface area contributed by atoms with Crippen LogP contribution in [0.4, 0.5) is 4.79 Å². The standard InChI is InChI=1S/C18H33N3O3/c1-20-12-5-3-4-6-13-21(18(23)19-11-8-14-24-2)16-10-7-9-15(16)17(20)22/h15-16H,3-14H2,1-2H3,(H,19,23)/t15-,16+/m1/s1. The van der Waals surface area contributed by atoms with Crippen LogP contribution in [0.3, 0.4) is 0 Å². The summed E-state index contributed by atoms with van der Waals surface area (Å²) >= 11 is 0. The third kappa shape index (κ3) is 5.10. The minimum atomic E-state index is -0.0298. The van der Waals surface area contributed by atoms with E-state index in [0.29, 0.717) is 13.2 Å². The molecule has 0 radical (unpaired) electrons. The monoisotopic (exact) mass is 339 g/mol. The Morgan fingerprint density at radius 2 is 1.92 bits per heavy atom.